The first-order valence-corrected chi connectivity index (χ1v) is 7.95. The van der Waals surface area contributed by atoms with Gasteiger partial charge in [0.1, 0.15) is 5.82 Å². The molecule has 1 rings (SSSR count). The third kappa shape index (κ3) is 6.15. The average Bonchev–Trinajstić information content (AvgIpc) is 2.46. The topological polar surface area (TPSA) is 54.0 Å². The van der Waals surface area contributed by atoms with Crippen LogP contribution in [0.5, 0.6) is 0 Å². The van der Waals surface area contributed by atoms with Crippen molar-refractivity contribution in [1.29, 1.82) is 0 Å². The van der Waals surface area contributed by atoms with Crippen LogP contribution in [-0.2, 0) is 6.42 Å². The highest BCUT2D eigenvalue weighted by molar-refractivity contribution is 5.95. The summed E-state index contributed by atoms with van der Waals surface area (Å²) in [5.41, 5.74) is 1.61. The van der Waals surface area contributed by atoms with Gasteiger partial charge in [-0.1, -0.05) is 33.6 Å². The molecule has 4 nitrogen and oxygen atoms in total. The second kappa shape index (κ2) is 8.65. The Labute approximate surface area is 128 Å². The first-order valence-electron chi connectivity index (χ1n) is 7.95. The van der Waals surface area contributed by atoms with Crippen molar-refractivity contribution in [3.63, 3.8) is 0 Å². The molecule has 0 bridgehead atoms. The number of aryl methyl sites for hydroxylation is 1. The number of carbonyl (C=O) groups is 1. The lowest BCUT2D eigenvalue weighted by molar-refractivity contribution is 0.0937. The van der Waals surface area contributed by atoms with Gasteiger partial charge in [-0.05, 0) is 37.8 Å². The van der Waals surface area contributed by atoms with Gasteiger partial charge in [-0.15, -0.1) is 0 Å². The first-order chi connectivity index (χ1) is 9.96. The molecule has 0 aliphatic heterocycles. The number of hydrogen-bond acceptors (Lipinski definition) is 3. The Morgan fingerprint density at radius 1 is 1.24 bits per heavy atom. The molecule has 0 aliphatic rings. The van der Waals surface area contributed by atoms with Crippen LogP contribution in [0.25, 0.3) is 0 Å². The molecule has 0 fully saturated rings. The van der Waals surface area contributed by atoms with Crippen LogP contribution < -0.4 is 10.6 Å². The fourth-order valence-electron chi connectivity index (χ4n) is 2.24. The van der Waals surface area contributed by atoms with Gasteiger partial charge < -0.3 is 10.6 Å². The summed E-state index contributed by atoms with van der Waals surface area (Å²) in [5, 5.41) is 6.08. The van der Waals surface area contributed by atoms with Gasteiger partial charge in [0.2, 0.25) is 0 Å². The molecule has 1 aromatic rings. The lowest BCUT2D eigenvalue weighted by Gasteiger charge is -2.15. The van der Waals surface area contributed by atoms with E-state index in [1.165, 1.54) is 6.42 Å². The molecule has 1 aromatic heterocycles. The van der Waals surface area contributed by atoms with Gasteiger partial charge in [0, 0.05) is 24.3 Å². The number of nitrogens with one attached hydrogen (secondary N) is 2. The van der Waals surface area contributed by atoms with E-state index in [4.69, 9.17) is 0 Å². The molecule has 1 heterocycles. The number of hydrogen-bond donors (Lipinski definition) is 2. The number of amides is 1. The Morgan fingerprint density at radius 3 is 2.52 bits per heavy atom. The van der Waals surface area contributed by atoms with Gasteiger partial charge in [0.15, 0.2) is 0 Å². The minimum absolute atomic E-state index is 0.0133. The highest BCUT2D eigenvalue weighted by Gasteiger charge is 2.12. The van der Waals surface area contributed by atoms with E-state index in [0.29, 0.717) is 5.56 Å². The van der Waals surface area contributed by atoms with Crippen LogP contribution in [-0.4, -0.2) is 24.0 Å². The quantitative estimate of drug-likeness (QED) is 0.769. The smallest absolute Gasteiger partial charge is 0.251 e. The molecule has 0 spiro atoms. The Morgan fingerprint density at radius 2 is 1.95 bits per heavy atom. The highest BCUT2D eigenvalue weighted by Crippen LogP contribution is 2.12. The van der Waals surface area contributed by atoms with Crippen molar-refractivity contribution >= 4 is 11.7 Å². The molecule has 0 radical (unpaired) electrons. The van der Waals surface area contributed by atoms with Gasteiger partial charge in [-0.3, -0.25) is 4.79 Å². The summed E-state index contributed by atoms with van der Waals surface area (Å²) in [7, 11) is 1.82. The van der Waals surface area contributed by atoms with Crippen LogP contribution in [0.4, 0.5) is 5.82 Å². The monoisotopic (exact) mass is 291 g/mol. The Bertz CT molecular complexity index is 435. The summed E-state index contributed by atoms with van der Waals surface area (Å²) in [6, 6.07) is 3.87. The van der Waals surface area contributed by atoms with E-state index in [-0.39, 0.29) is 11.9 Å². The summed E-state index contributed by atoms with van der Waals surface area (Å²) < 4.78 is 0. The molecule has 118 valence electrons. The standard InChI is InChI=1S/C17H29N3O/c1-6-15-10-14(11-16(18-5)20-15)17(21)19-13(4)9-7-8-12(2)3/h10-13H,6-9H2,1-5H3,(H,18,20)(H,19,21). The van der Waals surface area contributed by atoms with Crippen LogP contribution in [0.15, 0.2) is 12.1 Å². The molecule has 4 heteroatoms. The van der Waals surface area contributed by atoms with E-state index in [1.54, 1.807) is 6.07 Å². The van der Waals surface area contributed by atoms with Crippen molar-refractivity contribution in [1.82, 2.24) is 10.3 Å². The van der Waals surface area contributed by atoms with Crippen molar-refractivity contribution < 1.29 is 4.79 Å². The second-order valence-electron chi connectivity index (χ2n) is 6.04. The van der Waals surface area contributed by atoms with E-state index in [2.05, 4.69) is 36.4 Å². The fourth-order valence-corrected chi connectivity index (χ4v) is 2.24. The minimum Gasteiger partial charge on any atom is -0.373 e. The molecule has 0 aromatic carbocycles. The van der Waals surface area contributed by atoms with E-state index >= 15 is 0 Å². The SMILES string of the molecule is CCc1cc(C(=O)NC(C)CCCC(C)C)cc(NC)n1. The van der Waals surface area contributed by atoms with Gasteiger partial charge in [-0.25, -0.2) is 4.98 Å². The molecule has 0 saturated heterocycles. The molecule has 0 aliphatic carbocycles. The van der Waals surface area contributed by atoms with Crippen molar-refractivity contribution in [2.24, 2.45) is 5.92 Å². The molecule has 1 amide bonds. The number of carbonyl (C=O) groups excluding carboxylic acids is 1. The van der Waals surface area contributed by atoms with Crippen molar-refractivity contribution in [3.8, 4) is 0 Å². The Hall–Kier alpha value is -1.58. The largest absolute Gasteiger partial charge is 0.373 e. The molecular formula is C17H29N3O. The molecule has 1 unspecified atom stereocenters. The highest BCUT2D eigenvalue weighted by atomic mass is 16.1. The molecular weight excluding hydrogens is 262 g/mol. The zero-order chi connectivity index (χ0) is 15.8. The van der Waals surface area contributed by atoms with E-state index in [0.717, 1.165) is 36.7 Å². The molecule has 1 atom stereocenters. The summed E-state index contributed by atoms with van der Waals surface area (Å²) in [6.45, 7) is 8.56. The van der Waals surface area contributed by atoms with Crippen LogP contribution in [0.1, 0.15) is 63.0 Å². The van der Waals surface area contributed by atoms with Crippen molar-refractivity contribution in [2.45, 2.75) is 59.4 Å². The first kappa shape index (κ1) is 17.5. The van der Waals surface area contributed by atoms with E-state index in [9.17, 15) is 4.79 Å². The van der Waals surface area contributed by atoms with Gasteiger partial charge in [0.05, 0.1) is 0 Å². The number of rotatable bonds is 8. The van der Waals surface area contributed by atoms with E-state index in [1.807, 2.05) is 20.0 Å². The maximum Gasteiger partial charge on any atom is 0.251 e. The summed E-state index contributed by atoms with van der Waals surface area (Å²) >= 11 is 0. The van der Waals surface area contributed by atoms with Gasteiger partial charge in [-0.2, -0.15) is 0 Å². The maximum absolute atomic E-state index is 12.3. The normalized spacial score (nSPS) is 12.3. The van der Waals surface area contributed by atoms with Gasteiger partial charge >= 0.3 is 0 Å². The van der Waals surface area contributed by atoms with Crippen LogP contribution in [0.2, 0.25) is 0 Å². The Balaban J connectivity index is 2.62. The van der Waals surface area contributed by atoms with Crippen LogP contribution in [0, 0.1) is 5.92 Å². The van der Waals surface area contributed by atoms with Crippen molar-refractivity contribution in [2.75, 3.05) is 12.4 Å². The third-order valence-corrected chi connectivity index (χ3v) is 3.56. The van der Waals surface area contributed by atoms with Gasteiger partial charge in [0.25, 0.3) is 5.91 Å². The number of pyridine rings is 1. The Kier molecular flexibility index (Phi) is 7.20. The summed E-state index contributed by atoms with van der Waals surface area (Å²) in [6.07, 6.45) is 4.20. The van der Waals surface area contributed by atoms with E-state index < -0.39 is 0 Å². The van der Waals surface area contributed by atoms with Crippen LogP contribution >= 0.6 is 0 Å². The lowest BCUT2D eigenvalue weighted by Crippen LogP contribution is -2.32. The maximum atomic E-state index is 12.3. The number of nitrogens with zero attached hydrogens (tertiary/aromatic N) is 1. The molecule has 0 saturated carbocycles. The zero-order valence-electron chi connectivity index (χ0n) is 14.0. The number of aromatic nitrogens is 1. The van der Waals surface area contributed by atoms with Crippen LogP contribution in [0.3, 0.4) is 0 Å². The zero-order valence-corrected chi connectivity index (χ0v) is 14.0. The second-order valence-corrected chi connectivity index (χ2v) is 6.04. The van der Waals surface area contributed by atoms with Crippen molar-refractivity contribution in [3.05, 3.63) is 23.4 Å². The fraction of sp³-hybridized carbons (Fsp3) is 0.647. The predicted octanol–water partition coefficient (Wildman–Crippen LogP) is 3.63. The number of anilines is 1. The average molecular weight is 291 g/mol. The predicted molar refractivity (Wildman–Crippen MR) is 88.8 cm³/mol. The molecule has 21 heavy (non-hydrogen) atoms. The summed E-state index contributed by atoms with van der Waals surface area (Å²) in [4.78, 5) is 16.7. The lowest BCUT2D eigenvalue weighted by atomic mass is 10.0. The molecule has 2 N–H and O–H groups in total. The third-order valence-electron chi connectivity index (χ3n) is 3.56. The minimum atomic E-state index is -0.0133. The summed E-state index contributed by atoms with van der Waals surface area (Å²) in [5.74, 6) is 1.45.